The van der Waals surface area contributed by atoms with Crippen molar-refractivity contribution in [2.75, 3.05) is 0 Å². The van der Waals surface area contributed by atoms with E-state index in [1.807, 2.05) is 0 Å². The molecule has 1 fully saturated rings. The Kier molecular flexibility index (Phi) is 2.88. The molecule has 0 spiro atoms. The highest BCUT2D eigenvalue weighted by Gasteiger charge is 2.41. The number of aliphatic hydroxyl groups is 2. The van der Waals surface area contributed by atoms with Gasteiger partial charge in [-0.15, -0.1) is 0 Å². The number of hydrogen-bond acceptors (Lipinski definition) is 6. The van der Waals surface area contributed by atoms with Crippen molar-refractivity contribution < 1.29 is 14.9 Å². The number of aromatic nitrogens is 4. The van der Waals surface area contributed by atoms with Crippen LogP contribution >= 0.6 is 15.9 Å². The Morgan fingerprint density at radius 2 is 2.26 bits per heavy atom. The van der Waals surface area contributed by atoms with Crippen LogP contribution in [0.2, 0.25) is 0 Å². The highest BCUT2D eigenvalue weighted by Crippen LogP contribution is 2.33. The van der Waals surface area contributed by atoms with Gasteiger partial charge in [0.15, 0.2) is 11.2 Å². The Morgan fingerprint density at radius 3 is 2.95 bits per heavy atom. The Bertz CT molecular complexity index is 709. The summed E-state index contributed by atoms with van der Waals surface area (Å²) in [4.78, 5) is 23.2. The van der Waals surface area contributed by atoms with Crippen LogP contribution in [-0.4, -0.2) is 41.9 Å². The Hall–Kier alpha value is -1.71. The third kappa shape index (κ3) is 1.78. The molecule has 3 heterocycles. The number of halogens is 1. The molecule has 2 aromatic heterocycles. The second-order valence-corrected chi connectivity index (χ2v) is 4.47. The number of nitrogens with one attached hydrogen (secondary N) is 1. The normalized spacial score (nSPS) is 29.0. The highest BCUT2D eigenvalue weighted by molar-refractivity contribution is 9.11. The van der Waals surface area contributed by atoms with Gasteiger partial charge in [0.1, 0.15) is 24.3 Å². The van der Waals surface area contributed by atoms with E-state index in [0.29, 0.717) is 0 Å². The Labute approximate surface area is 114 Å². The van der Waals surface area contributed by atoms with Gasteiger partial charge in [-0.05, 0) is 0 Å². The number of imidazole rings is 1. The van der Waals surface area contributed by atoms with Gasteiger partial charge < -0.3 is 19.9 Å². The van der Waals surface area contributed by atoms with Crippen LogP contribution in [0.3, 0.4) is 0 Å². The minimum Gasteiger partial charge on any atom is -0.468 e. The van der Waals surface area contributed by atoms with E-state index < -0.39 is 18.4 Å². The molecule has 3 rings (SSSR count). The molecule has 19 heavy (non-hydrogen) atoms. The molecule has 1 aliphatic rings. The maximum atomic E-state index is 11.5. The van der Waals surface area contributed by atoms with Crippen molar-refractivity contribution in [3.8, 4) is 0 Å². The lowest BCUT2D eigenvalue weighted by Crippen LogP contribution is -2.27. The van der Waals surface area contributed by atoms with E-state index >= 15 is 0 Å². The van der Waals surface area contributed by atoms with Crippen molar-refractivity contribution in [3.05, 3.63) is 33.8 Å². The highest BCUT2D eigenvalue weighted by atomic mass is 79.9. The third-order valence-electron chi connectivity index (χ3n) is 2.91. The molecule has 9 heteroatoms. The van der Waals surface area contributed by atoms with E-state index in [4.69, 9.17) is 4.74 Å². The summed E-state index contributed by atoms with van der Waals surface area (Å²) in [6.07, 6.45) is -0.642. The number of nitrogens with zero attached hydrogens (tertiary/aromatic N) is 3. The average Bonchev–Trinajstić information content (AvgIpc) is 2.94. The van der Waals surface area contributed by atoms with Crippen molar-refractivity contribution in [2.24, 2.45) is 0 Å². The fourth-order valence-corrected chi connectivity index (χ4v) is 2.34. The zero-order valence-electron chi connectivity index (χ0n) is 9.39. The number of fused-ring (bicyclic) bond motifs is 1. The second kappa shape index (κ2) is 4.44. The lowest BCUT2D eigenvalue weighted by Gasteiger charge is -2.15. The van der Waals surface area contributed by atoms with Gasteiger partial charge in [0.2, 0.25) is 6.23 Å². The fraction of sp³-hybridized carbons (Fsp3) is 0.300. The third-order valence-corrected chi connectivity index (χ3v) is 3.36. The van der Waals surface area contributed by atoms with E-state index in [1.165, 1.54) is 22.2 Å². The first kappa shape index (κ1) is 12.3. The Morgan fingerprint density at radius 1 is 1.47 bits per heavy atom. The van der Waals surface area contributed by atoms with Crippen molar-refractivity contribution in [1.82, 2.24) is 19.5 Å². The summed E-state index contributed by atoms with van der Waals surface area (Å²) < 4.78 is 6.82. The summed E-state index contributed by atoms with van der Waals surface area (Å²) in [6, 6.07) is 0. The van der Waals surface area contributed by atoms with Crippen molar-refractivity contribution in [1.29, 1.82) is 0 Å². The van der Waals surface area contributed by atoms with Gasteiger partial charge in [0.05, 0.1) is 6.33 Å². The molecule has 0 aliphatic carbocycles. The molecule has 0 unspecified atom stereocenters. The zero-order chi connectivity index (χ0) is 13.6. The summed E-state index contributed by atoms with van der Waals surface area (Å²) in [7, 11) is 0. The molecule has 0 saturated carbocycles. The van der Waals surface area contributed by atoms with Crippen LogP contribution in [0.15, 0.2) is 28.2 Å². The predicted molar refractivity (Wildman–Crippen MR) is 67.3 cm³/mol. The van der Waals surface area contributed by atoms with Crippen molar-refractivity contribution >= 4 is 27.1 Å². The number of aromatic amines is 1. The first-order valence-electron chi connectivity index (χ1n) is 5.36. The molecule has 100 valence electrons. The Balaban J connectivity index is 2.11. The first-order chi connectivity index (χ1) is 9.13. The number of aliphatic hydroxyl groups excluding tert-OH is 2. The largest absolute Gasteiger partial charge is 0.468 e. The molecule has 0 aromatic carbocycles. The first-order valence-corrected chi connectivity index (χ1v) is 6.28. The van der Waals surface area contributed by atoms with Crippen LogP contribution in [0.1, 0.15) is 6.23 Å². The summed E-state index contributed by atoms with van der Waals surface area (Å²) in [5.74, 6) is 0.198. The molecule has 2 aromatic rings. The van der Waals surface area contributed by atoms with Crippen LogP contribution in [0.4, 0.5) is 0 Å². The van der Waals surface area contributed by atoms with E-state index in [9.17, 15) is 15.0 Å². The van der Waals surface area contributed by atoms with Gasteiger partial charge in [-0.3, -0.25) is 9.36 Å². The molecule has 8 nitrogen and oxygen atoms in total. The summed E-state index contributed by atoms with van der Waals surface area (Å²) in [5, 5.41) is 19.7. The molecule has 0 amide bonds. The summed E-state index contributed by atoms with van der Waals surface area (Å²) in [5.41, 5.74) is 0.0351. The van der Waals surface area contributed by atoms with E-state index in [2.05, 4.69) is 30.9 Å². The van der Waals surface area contributed by atoms with Gasteiger partial charge in [-0.1, -0.05) is 15.9 Å². The minimum absolute atomic E-state index is 0.143. The number of rotatable bonds is 1. The topological polar surface area (TPSA) is 113 Å². The maximum absolute atomic E-state index is 11.5. The summed E-state index contributed by atoms with van der Waals surface area (Å²) in [6.45, 7) is 0. The lowest BCUT2D eigenvalue weighted by atomic mass is 10.2. The van der Waals surface area contributed by atoms with Gasteiger partial charge >= 0.3 is 0 Å². The minimum atomic E-state index is -1.18. The molecule has 3 N–H and O–H groups in total. The average molecular weight is 329 g/mol. The predicted octanol–water partition coefficient (Wildman–Crippen LogP) is -0.394. The number of hydrogen-bond donors (Lipinski definition) is 3. The van der Waals surface area contributed by atoms with Gasteiger partial charge in [0, 0.05) is 4.99 Å². The van der Waals surface area contributed by atoms with E-state index in [1.54, 1.807) is 0 Å². The van der Waals surface area contributed by atoms with Crippen LogP contribution in [0, 0.1) is 0 Å². The monoisotopic (exact) mass is 328 g/mol. The van der Waals surface area contributed by atoms with Crippen LogP contribution in [0.5, 0.6) is 0 Å². The molecule has 3 atom stereocenters. The number of ether oxygens (including phenoxy) is 1. The molecule has 1 aliphatic heterocycles. The van der Waals surface area contributed by atoms with Gasteiger partial charge in [-0.25, -0.2) is 9.97 Å². The quantitative estimate of drug-likeness (QED) is 0.656. The molecule has 0 bridgehead atoms. The van der Waals surface area contributed by atoms with Crippen LogP contribution < -0.4 is 5.56 Å². The van der Waals surface area contributed by atoms with Gasteiger partial charge in [-0.2, -0.15) is 0 Å². The van der Waals surface area contributed by atoms with E-state index in [0.717, 1.165) is 0 Å². The smallest absolute Gasteiger partial charge is 0.278 e. The van der Waals surface area contributed by atoms with Gasteiger partial charge in [0.25, 0.3) is 5.56 Å². The zero-order valence-corrected chi connectivity index (χ0v) is 11.0. The van der Waals surface area contributed by atoms with E-state index in [-0.39, 0.29) is 22.5 Å². The number of H-pyrrole nitrogens is 1. The molecule has 0 radical (unpaired) electrons. The van der Waals surface area contributed by atoms with Crippen LogP contribution in [0.25, 0.3) is 11.2 Å². The van der Waals surface area contributed by atoms with Crippen molar-refractivity contribution in [2.45, 2.75) is 18.4 Å². The standard InChI is InChI=1S/C10H9BrN4O4/c11-1-4-6(16)7(17)10(19-4)15-3-14-5-8(15)12-2-13-9(5)18/h1-3,6-7,10,16-17H,(H,12,13,18)/b4-1-/t6-,7-,10-/m1/s1. The SMILES string of the molecule is O=c1[nH]cnc2c1ncn2[C@@H]1O/C(=C\Br)[C@@H](O)[C@H]1O. The molecular formula is C10H9BrN4O4. The van der Waals surface area contributed by atoms with Crippen LogP contribution in [-0.2, 0) is 4.74 Å². The van der Waals surface area contributed by atoms with Crippen molar-refractivity contribution in [3.63, 3.8) is 0 Å². The molecule has 1 saturated heterocycles. The molecular weight excluding hydrogens is 320 g/mol. The lowest BCUT2D eigenvalue weighted by molar-refractivity contribution is -0.0118. The second-order valence-electron chi connectivity index (χ2n) is 4.01. The summed E-state index contributed by atoms with van der Waals surface area (Å²) >= 11 is 3.04. The maximum Gasteiger partial charge on any atom is 0.278 e. The fourth-order valence-electron chi connectivity index (χ4n) is 1.96.